The van der Waals surface area contributed by atoms with Crippen LogP contribution in [0.1, 0.15) is 34.3 Å². The van der Waals surface area contributed by atoms with Crippen molar-refractivity contribution in [3.8, 4) is 0 Å². The van der Waals surface area contributed by atoms with E-state index in [0.29, 0.717) is 12.1 Å². The SMILES string of the molecule is COC(=O)c1ccc(CCNC(=O)[C@@H](C)c2ccsc2)cc1. The molecule has 0 aliphatic carbocycles. The molecule has 1 N–H and O–H groups in total. The van der Waals surface area contributed by atoms with Gasteiger partial charge in [0, 0.05) is 6.54 Å². The summed E-state index contributed by atoms with van der Waals surface area (Å²) in [5.74, 6) is -0.443. The summed E-state index contributed by atoms with van der Waals surface area (Å²) < 4.78 is 4.66. The molecule has 0 fully saturated rings. The Hall–Kier alpha value is -2.14. The molecule has 2 aromatic rings. The summed E-state index contributed by atoms with van der Waals surface area (Å²) in [5.41, 5.74) is 2.64. The predicted octanol–water partition coefficient (Wildman–Crippen LogP) is 3.00. The lowest BCUT2D eigenvalue weighted by Gasteiger charge is -2.11. The first-order valence-electron chi connectivity index (χ1n) is 7.09. The van der Waals surface area contributed by atoms with Gasteiger partial charge in [-0.2, -0.15) is 11.3 Å². The number of hydrogen-bond acceptors (Lipinski definition) is 4. The predicted molar refractivity (Wildman–Crippen MR) is 87.2 cm³/mol. The molecule has 4 nitrogen and oxygen atoms in total. The Balaban J connectivity index is 1.81. The van der Waals surface area contributed by atoms with E-state index >= 15 is 0 Å². The third-order valence-corrected chi connectivity index (χ3v) is 4.23. The van der Waals surface area contributed by atoms with Gasteiger partial charge in [-0.3, -0.25) is 4.79 Å². The van der Waals surface area contributed by atoms with Crippen molar-refractivity contribution in [2.45, 2.75) is 19.3 Å². The summed E-state index contributed by atoms with van der Waals surface area (Å²) in [4.78, 5) is 23.4. The number of carbonyl (C=O) groups excluding carboxylic acids is 2. The van der Waals surface area contributed by atoms with E-state index in [4.69, 9.17) is 0 Å². The van der Waals surface area contributed by atoms with Crippen LogP contribution < -0.4 is 5.32 Å². The van der Waals surface area contributed by atoms with E-state index in [1.165, 1.54) is 7.11 Å². The fraction of sp³-hybridized carbons (Fsp3) is 0.294. The average molecular weight is 317 g/mol. The molecule has 0 saturated heterocycles. The summed E-state index contributed by atoms with van der Waals surface area (Å²) in [5, 5.41) is 6.91. The average Bonchev–Trinajstić information content (AvgIpc) is 3.08. The van der Waals surface area contributed by atoms with Gasteiger partial charge in [0.15, 0.2) is 0 Å². The van der Waals surface area contributed by atoms with E-state index in [-0.39, 0.29) is 17.8 Å². The standard InChI is InChI=1S/C17H19NO3S/c1-12(15-8-10-22-11-15)16(19)18-9-7-13-3-5-14(6-4-13)17(20)21-2/h3-6,8,10-12H,7,9H2,1-2H3,(H,18,19)/t12-/m0/s1. The van der Waals surface area contributed by atoms with Crippen LogP contribution in [-0.4, -0.2) is 25.5 Å². The van der Waals surface area contributed by atoms with Crippen LogP contribution in [0.25, 0.3) is 0 Å². The topological polar surface area (TPSA) is 55.4 Å². The third kappa shape index (κ3) is 4.18. The molecule has 1 aromatic carbocycles. The Morgan fingerprint density at radius 3 is 2.55 bits per heavy atom. The summed E-state index contributed by atoms with van der Waals surface area (Å²) in [6, 6.07) is 9.19. The molecular weight excluding hydrogens is 298 g/mol. The van der Waals surface area contributed by atoms with Crippen LogP contribution in [0.4, 0.5) is 0 Å². The number of nitrogens with one attached hydrogen (secondary N) is 1. The number of methoxy groups -OCH3 is 1. The molecule has 1 aromatic heterocycles. The molecular formula is C17H19NO3S. The minimum absolute atomic E-state index is 0.0320. The Kier molecular flexibility index (Phi) is 5.72. The molecule has 5 heteroatoms. The van der Waals surface area contributed by atoms with Gasteiger partial charge in [0.1, 0.15) is 0 Å². The lowest BCUT2D eigenvalue weighted by molar-refractivity contribution is -0.122. The maximum absolute atomic E-state index is 12.0. The second kappa shape index (κ2) is 7.75. The number of ether oxygens (including phenoxy) is 1. The van der Waals surface area contributed by atoms with Gasteiger partial charge in [-0.1, -0.05) is 12.1 Å². The first kappa shape index (κ1) is 16.2. The normalized spacial score (nSPS) is 11.7. The van der Waals surface area contributed by atoms with E-state index < -0.39 is 0 Å². The fourth-order valence-corrected chi connectivity index (χ4v) is 2.84. The van der Waals surface area contributed by atoms with E-state index in [9.17, 15) is 9.59 Å². The van der Waals surface area contributed by atoms with Crippen LogP contribution in [0.15, 0.2) is 41.1 Å². The van der Waals surface area contributed by atoms with Crippen molar-refractivity contribution in [2.24, 2.45) is 0 Å². The van der Waals surface area contributed by atoms with Gasteiger partial charge < -0.3 is 10.1 Å². The molecule has 1 heterocycles. The molecule has 0 saturated carbocycles. The van der Waals surface area contributed by atoms with Gasteiger partial charge in [-0.05, 0) is 53.4 Å². The van der Waals surface area contributed by atoms with E-state index in [2.05, 4.69) is 10.1 Å². The van der Waals surface area contributed by atoms with Crippen molar-refractivity contribution in [2.75, 3.05) is 13.7 Å². The zero-order valence-electron chi connectivity index (χ0n) is 12.7. The first-order chi connectivity index (χ1) is 10.6. The molecule has 0 radical (unpaired) electrons. The number of hydrogen-bond donors (Lipinski definition) is 1. The number of rotatable bonds is 6. The van der Waals surface area contributed by atoms with Crippen LogP contribution in [0.2, 0.25) is 0 Å². The molecule has 0 bridgehead atoms. The maximum atomic E-state index is 12.0. The highest BCUT2D eigenvalue weighted by Gasteiger charge is 2.14. The molecule has 0 aliphatic rings. The van der Waals surface area contributed by atoms with Crippen molar-refractivity contribution >= 4 is 23.2 Å². The Morgan fingerprint density at radius 2 is 1.95 bits per heavy atom. The minimum atomic E-state index is -0.343. The third-order valence-electron chi connectivity index (χ3n) is 3.52. The maximum Gasteiger partial charge on any atom is 0.337 e. The van der Waals surface area contributed by atoms with E-state index in [1.807, 2.05) is 35.9 Å². The van der Waals surface area contributed by atoms with E-state index in [0.717, 1.165) is 17.5 Å². The Labute approximate surface area is 134 Å². The van der Waals surface area contributed by atoms with Gasteiger partial charge in [-0.15, -0.1) is 0 Å². The molecule has 2 rings (SSSR count). The lowest BCUT2D eigenvalue weighted by Crippen LogP contribution is -2.29. The quantitative estimate of drug-likeness (QED) is 0.833. The molecule has 116 valence electrons. The summed E-state index contributed by atoms with van der Waals surface area (Å²) in [6.07, 6.45) is 0.726. The number of carbonyl (C=O) groups is 2. The number of benzene rings is 1. The van der Waals surface area contributed by atoms with Crippen molar-refractivity contribution in [1.29, 1.82) is 0 Å². The molecule has 0 unspecified atom stereocenters. The van der Waals surface area contributed by atoms with Crippen molar-refractivity contribution in [3.63, 3.8) is 0 Å². The van der Waals surface area contributed by atoms with Crippen LogP contribution in [0, 0.1) is 0 Å². The molecule has 0 aliphatic heterocycles. The van der Waals surface area contributed by atoms with Crippen molar-refractivity contribution < 1.29 is 14.3 Å². The van der Waals surface area contributed by atoms with Crippen LogP contribution in [0.3, 0.4) is 0 Å². The summed E-state index contributed by atoms with van der Waals surface area (Å²) in [7, 11) is 1.36. The molecule has 0 spiro atoms. The largest absolute Gasteiger partial charge is 0.465 e. The fourth-order valence-electron chi connectivity index (χ4n) is 2.08. The highest BCUT2D eigenvalue weighted by molar-refractivity contribution is 7.08. The van der Waals surface area contributed by atoms with Crippen molar-refractivity contribution in [3.05, 3.63) is 57.8 Å². The number of thiophene rings is 1. The first-order valence-corrected chi connectivity index (χ1v) is 8.03. The van der Waals surface area contributed by atoms with Crippen molar-refractivity contribution in [1.82, 2.24) is 5.32 Å². The zero-order valence-corrected chi connectivity index (χ0v) is 13.5. The zero-order chi connectivity index (χ0) is 15.9. The van der Waals surface area contributed by atoms with Crippen LogP contribution in [-0.2, 0) is 16.0 Å². The highest BCUT2D eigenvalue weighted by atomic mass is 32.1. The monoisotopic (exact) mass is 317 g/mol. The van der Waals surface area contributed by atoms with Gasteiger partial charge in [0.2, 0.25) is 5.91 Å². The van der Waals surface area contributed by atoms with Gasteiger partial charge in [-0.25, -0.2) is 4.79 Å². The Bertz CT molecular complexity index is 620. The van der Waals surface area contributed by atoms with Gasteiger partial charge >= 0.3 is 5.97 Å². The smallest absolute Gasteiger partial charge is 0.337 e. The van der Waals surface area contributed by atoms with Gasteiger partial charge in [0.25, 0.3) is 0 Å². The summed E-state index contributed by atoms with van der Waals surface area (Å²) >= 11 is 1.59. The molecule has 22 heavy (non-hydrogen) atoms. The van der Waals surface area contributed by atoms with Crippen LogP contribution in [0.5, 0.6) is 0 Å². The van der Waals surface area contributed by atoms with Crippen LogP contribution >= 0.6 is 11.3 Å². The Morgan fingerprint density at radius 1 is 1.23 bits per heavy atom. The lowest BCUT2D eigenvalue weighted by atomic mass is 10.0. The minimum Gasteiger partial charge on any atom is -0.465 e. The number of amides is 1. The van der Waals surface area contributed by atoms with Gasteiger partial charge in [0.05, 0.1) is 18.6 Å². The molecule has 1 amide bonds. The molecule has 1 atom stereocenters. The van der Waals surface area contributed by atoms with E-state index in [1.54, 1.807) is 23.5 Å². The summed E-state index contributed by atoms with van der Waals surface area (Å²) in [6.45, 7) is 2.48. The highest BCUT2D eigenvalue weighted by Crippen LogP contribution is 2.18. The number of esters is 1. The second-order valence-corrected chi connectivity index (χ2v) is 5.79. The second-order valence-electron chi connectivity index (χ2n) is 5.01.